The van der Waals surface area contributed by atoms with Crippen LogP contribution in [-0.4, -0.2) is 18.7 Å². The standard InChI is InChI=1S/C70H49N5O/c1-70(2,3)46-39-40-71-65(41-46)75-60-32-14-12-27-54(60)55-36-35-50(43-64(55)75)76-49-24-16-23-48(42-49)72-44-73-68-51(45-19-6-4-7-20-45)29-17-31-59(68)66-56(52-25-10-11-26-53(52)57-30-18-34-63(72)69(57)73)37-38-62-67(66)58-28-13-15-33-61(58)74(62)47-21-8-5-9-22-47/h4-43H,1-3H3/i4D,6D,7D,19D,20D. The minimum absolute atomic E-state index is 0.0707. The zero-order chi connectivity index (χ0) is 55.0. The summed E-state index contributed by atoms with van der Waals surface area (Å²) in [5.74, 6) is 2.10. The second kappa shape index (κ2) is 16.9. The van der Waals surface area contributed by atoms with Crippen molar-refractivity contribution in [3.8, 4) is 78.9 Å². The molecular formula is C70H49N5O. The minimum atomic E-state index is -0.453. The van der Waals surface area contributed by atoms with E-state index in [2.05, 4.69) is 199 Å². The van der Waals surface area contributed by atoms with Crippen molar-refractivity contribution in [2.45, 2.75) is 26.2 Å². The van der Waals surface area contributed by atoms with Crippen molar-refractivity contribution in [2.24, 2.45) is 0 Å². The Bertz CT molecular complexity index is 4940. The number of rotatable bonds is 6. The predicted molar refractivity (Wildman–Crippen MR) is 311 cm³/mol. The van der Waals surface area contributed by atoms with Gasteiger partial charge in [-0.3, -0.25) is 13.7 Å². The number of pyridine rings is 1. The Morgan fingerprint density at radius 2 is 1.13 bits per heavy atom. The van der Waals surface area contributed by atoms with Gasteiger partial charge in [0.25, 0.3) is 6.33 Å². The molecule has 10 aromatic carbocycles. The Hall–Kier alpha value is -9.78. The SMILES string of the molecule is [2H]c1c([2H])c([2H])c(-c2cccc3c2-[n+]2[c-]n(-c4cccc(Oc5ccc6c7ccccc7n(-c7cc(C(C)(C)C)ccn7)c6c5)c4)c4cccc(c42)-c2ccccc2-c2ccc4c(c2-3)c2ccccc2n4-c2ccccc2)c([2H])c1[2H]. The zero-order valence-electron chi connectivity index (χ0n) is 46.9. The van der Waals surface area contributed by atoms with E-state index < -0.39 is 18.1 Å². The summed E-state index contributed by atoms with van der Waals surface area (Å²) in [4.78, 5) is 4.90. The van der Waals surface area contributed by atoms with Crippen molar-refractivity contribution in [2.75, 3.05) is 0 Å². The number of fused-ring (bicyclic) bond motifs is 14. The lowest BCUT2D eigenvalue weighted by Crippen LogP contribution is -2.32. The molecule has 0 radical (unpaired) electrons. The maximum atomic E-state index is 9.51. The summed E-state index contributed by atoms with van der Waals surface area (Å²) in [7, 11) is 0. The molecule has 14 aromatic rings. The quantitative estimate of drug-likeness (QED) is 0.123. The van der Waals surface area contributed by atoms with Gasteiger partial charge in [-0.2, -0.15) is 0 Å². The van der Waals surface area contributed by atoms with Crippen LogP contribution in [-0.2, 0) is 5.41 Å². The molecule has 6 nitrogen and oxygen atoms in total. The first-order valence-corrected chi connectivity index (χ1v) is 25.6. The van der Waals surface area contributed by atoms with E-state index in [0.29, 0.717) is 22.7 Å². The minimum Gasteiger partial charge on any atom is -0.458 e. The smallest absolute Gasteiger partial charge is 0.269 e. The van der Waals surface area contributed by atoms with Crippen LogP contribution >= 0.6 is 0 Å². The van der Waals surface area contributed by atoms with Crippen molar-refractivity contribution in [3.63, 3.8) is 0 Å². The van der Waals surface area contributed by atoms with Crippen LogP contribution in [0.15, 0.2) is 243 Å². The van der Waals surface area contributed by atoms with Gasteiger partial charge in [-0.1, -0.05) is 178 Å². The highest BCUT2D eigenvalue weighted by molar-refractivity contribution is 6.20. The van der Waals surface area contributed by atoms with E-state index in [0.717, 1.165) is 105 Å². The Kier molecular flexibility index (Phi) is 8.62. The second-order valence-electron chi connectivity index (χ2n) is 20.5. The van der Waals surface area contributed by atoms with Crippen LogP contribution in [0.1, 0.15) is 33.2 Å². The van der Waals surface area contributed by atoms with Gasteiger partial charge < -0.3 is 9.30 Å². The predicted octanol–water partition coefficient (Wildman–Crippen LogP) is 17.4. The summed E-state index contributed by atoms with van der Waals surface area (Å²) >= 11 is 0. The third kappa shape index (κ3) is 6.73. The summed E-state index contributed by atoms with van der Waals surface area (Å²) in [5.41, 5.74) is 15.4. The molecule has 0 N–H and O–H groups in total. The Balaban J connectivity index is 0.984. The molecule has 15 rings (SSSR count). The molecule has 0 bridgehead atoms. The molecule has 0 fully saturated rings. The van der Waals surface area contributed by atoms with E-state index in [4.69, 9.17) is 13.8 Å². The van der Waals surface area contributed by atoms with Crippen molar-refractivity contribution in [1.29, 1.82) is 0 Å². The van der Waals surface area contributed by atoms with Crippen molar-refractivity contribution < 1.29 is 16.2 Å². The molecule has 0 saturated carbocycles. The van der Waals surface area contributed by atoms with Gasteiger partial charge in [0.2, 0.25) is 0 Å². The van der Waals surface area contributed by atoms with Gasteiger partial charge in [-0.05, 0) is 128 Å². The number of ether oxygens (including phenoxy) is 1. The first-order chi connectivity index (χ1) is 39.4. The van der Waals surface area contributed by atoms with Crippen LogP contribution in [0, 0.1) is 6.33 Å². The first-order valence-electron chi connectivity index (χ1n) is 28.1. The van der Waals surface area contributed by atoms with Crippen LogP contribution < -0.4 is 9.30 Å². The summed E-state index contributed by atoms with van der Waals surface area (Å²) in [6.07, 6.45) is 5.74. The van der Waals surface area contributed by atoms with Crippen molar-refractivity contribution in [3.05, 3.63) is 255 Å². The van der Waals surface area contributed by atoms with Gasteiger partial charge in [0.15, 0.2) is 0 Å². The highest BCUT2D eigenvalue weighted by Crippen LogP contribution is 2.50. The van der Waals surface area contributed by atoms with Crippen LogP contribution in [0.3, 0.4) is 0 Å². The van der Waals surface area contributed by atoms with Gasteiger partial charge in [0.05, 0.1) is 51.3 Å². The van der Waals surface area contributed by atoms with Crippen LogP contribution in [0.2, 0.25) is 0 Å². The molecule has 360 valence electrons. The molecule has 76 heavy (non-hydrogen) atoms. The van der Waals surface area contributed by atoms with E-state index in [1.165, 1.54) is 5.56 Å². The molecule has 0 aliphatic carbocycles. The van der Waals surface area contributed by atoms with Gasteiger partial charge in [0, 0.05) is 39.5 Å². The number of imidazole rings is 1. The number of aromatic nitrogens is 5. The highest BCUT2D eigenvalue weighted by Gasteiger charge is 2.29. The molecule has 0 unspecified atom stereocenters. The average Bonchev–Trinajstić information content (AvgIpc) is 3.47. The summed E-state index contributed by atoms with van der Waals surface area (Å²) in [6.45, 7) is 6.64. The van der Waals surface area contributed by atoms with Crippen molar-refractivity contribution >= 4 is 54.6 Å². The Morgan fingerprint density at radius 3 is 1.96 bits per heavy atom. The summed E-state index contributed by atoms with van der Waals surface area (Å²) in [6, 6.07) is 69.0. The maximum absolute atomic E-state index is 9.51. The topological polar surface area (TPSA) is 40.8 Å². The average molecular weight is 981 g/mol. The molecule has 0 saturated heterocycles. The fourth-order valence-electron chi connectivity index (χ4n) is 11.8. The van der Waals surface area contributed by atoms with Gasteiger partial charge in [-0.25, -0.2) is 4.98 Å². The van der Waals surface area contributed by atoms with Crippen molar-refractivity contribution in [1.82, 2.24) is 18.7 Å². The third-order valence-corrected chi connectivity index (χ3v) is 15.1. The largest absolute Gasteiger partial charge is 0.458 e. The lowest BCUT2D eigenvalue weighted by atomic mass is 9.86. The Labute approximate surface area is 447 Å². The molecule has 5 heterocycles. The summed E-state index contributed by atoms with van der Waals surface area (Å²) < 4.78 is 61.1. The number of nitrogens with zero attached hydrogens (tertiary/aromatic N) is 5. The van der Waals surface area contributed by atoms with E-state index >= 15 is 0 Å². The summed E-state index contributed by atoms with van der Waals surface area (Å²) in [5, 5.41) is 4.27. The zero-order valence-corrected chi connectivity index (χ0v) is 41.9. The fraction of sp³-hybridized carbons (Fsp3) is 0.0571. The fourth-order valence-corrected chi connectivity index (χ4v) is 11.8. The molecule has 1 aliphatic heterocycles. The van der Waals surface area contributed by atoms with Gasteiger partial charge in [-0.15, -0.1) is 0 Å². The highest BCUT2D eigenvalue weighted by atomic mass is 16.5. The van der Waals surface area contributed by atoms with Crippen LogP contribution in [0.5, 0.6) is 11.5 Å². The molecule has 1 aliphatic rings. The maximum Gasteiger partial charge on any atom is 0.269 e. The number of hydrogen-bond donors (Lipinski definition) is 0. The van der Waals surface area contributed by atoms with E-state index in [1.54, 1.807) is 0 Å². The van der Waals surface area contributed by atoms with Gasteiger partial charge in [0.1, 0.15) is 17.3 Å². The normalized spacial score (nSPS) is 13.1. The number of hydrogen-bond acceptors (Lipinski definition) is 2. The second-order valence-corrected chi connectivity index (χ2v) is 20.5. The Morgan fingerprint density at radius 1 is 0.487 bits per heavy atom. The lowest BCUT2D eigenvalue weighted by Gasteiger charge is -2.20. The van der Waals surface area contributed by atoms with Crippen LogP contribution in [0.4, 0.5) is 0 Å². The first kappa shape index (κ1) is 38.8. The van der Waals surface area contributed by atoms with E-state index in [-0.39, 0.29) is 23.1 Å². The lowest BCUT2D eigenvalue weighted by molar-refractivity contribution is -0.570. The molecule has 6 heteroatoms. The number of benzene rings is 10. The molecular weight excluding hydrogens is 927 g/mol. The molecule has 4 aromatic heterocycles. The van der Waals surface area contributed by atoms with Gasteiger partial charge >= 0.3 is 0 Å². The molecule has 0 amide bonds. The molecule has 0 atom stereocenters. The third-order valence-electron chi connectivity index (χ3n) is 15.1. The van der Waals surface area contributed by atoms with E-state index in [1.807, 2.05) is 59.3 Å². The van der Waals surface area contributed by atoms with E-state index in [9.17, 15) is 2.74 Å². The monoisotopic (exact) mass is 980 g/mol. The van der Waals surface area contributed by atoms with Crippen LogP contribution in [0.25, 0.3) is 122 Å². The number of para-hydroxylation sites is 5. The molecule has 0 spiro atoms.